The van der Waals surface area contributed by atoms with E-state index in [0.717, 1.165) is 25.2 Å². The Hall–Kier alpha value is -0.860. The van der Waals surface area contributed by atoms with E-state index in [0.29, 0.717) is 11.4 Å². The Labute approximate surface area is 128 Å². The van der Waals surface area contributed by atoms with Crippen molar-refractivity contribution in [3.63, 3.8) is 0 Å². The van der Waals surface area contributed by atoms with Crippen molar-refractivity contribution in [2.45, 2.75) is 46.0 Å². The molecule has 1 aromatic rings. The summed E-state index contributed by atoms with van der Waals surface area (Å²) in [6, 6.07) is 7.18. The molecule has 0 bridgehead atoms. The zero-order chi connectivity index (χ0) is 14.8. The normalized spacial score (nSPS) is 11.0. The summed E-state index contributed by atoms with van der Waals surface area (Å²) >= 11 is 5.84. The third kappa shape index (κ3) is 6.53. The number of rotatable bonds is 10. The summed E-state index contributed by atoms with van der Waals surface area (Å²) in [5, 5.41) is 0.675. The van der Waals surface area contributed by atoms with Gasteiger partial charge in [0, 0.05) is 23.6 Å². The molecule has 0 aliphatic rings. The van der Waals surface area contributed by atoms with Gasteiger partial charge in [-0.3, -0.25) is 4.79 Å². The van der Waals surface area contributed by atoms with E-state index in [9.17, 15) is 4.79 Å². The van der Waals surface area contributed by atoms with E-state index in [1.165, 1.54) is 25.7 Å². The number of nitrogens with zero attached hydrogens (tertiary/aromatic N) is 1. The third-order valence-electron chi connectivity index (χ3n) is 3.48. The second-order valence-corrected chi connectivity index (χ2v) is 5.67. The highest BCUT2D eigenvalue weighted by molar-refractivity contribution is 6.30. The van der Waals surface area contributed by atoms with Crippen molar-refractivity contribution in [1.82, 2.24) is 4.90 Å². The maximum absolute atomic E-state index is 12.1. The van der Waals surface area contributed by atoms with Crippen LogP contribution in [0.1, 0.15) is 56.3 Å². The van der Waals surface area contributed by atoms with E-state index in [4.69, 9.17) is 11.6 Å². The van der Waals surface area contributed by atoms with Crippen molar-refractivity contribution in [1.29, 1.82) is 0 Å². The van der Waals surface area contributed by atoms with Gasteiger partial charge < -0.3 is 4.90 Å². The van der Waals surface area contributed by atoms with Crippen LogP contribution in [0.25, 0.3) is 0 Å². The van der Waals surface area contributed by atoms with E-state index in [2.05, 4.69) is 18.7 Å². The zero-order valence-corrected chi connectivity index (χ0v) is 13.5. The predicted molar refractivity (Wildman–Crippen MR) is 86.7 cm³/mol. The minimum atomic E-state index is 0.208. The van der Waals surface area contributed by atoms with Gasteiger partial charge in [0.15, 0.2) is 5.78 Å². The molecule has 1 rings (SSSR count). The van der Waals surface area contributed by atoms with Gasteiger partial charge in [0.1, 0.15) is 0 Å². The highest BCUT2D eigenvalue weighted by Gasteiger charge is 2.09. The standard InChI is InChI=1S/C17H26ClNO/c1-3-5-12-19(13-6-4-2)14-11-17(20)15-7-9-16(18)10-8-15/h7-10H,3-6,11-14H2,1-2H3. The lowest BCUT2D eigenvalue weighted by Gasteiger charge is -2.21. The number of ketones is 1. The molecule has 112 valence electrons. The molecule has 2 nitrogen and oxygen atoms in total. The van der Waals surface area contributed by atoms with Crippen LogP contribution >= 0.6 is 11.6 Å². The van der Waals surface area contributed by atoms with Crippen molar-refractivity contribution in [2.24, 2.45) is 0 Å². The van der Waals surface area contributed by atoms with Gasteiger partial charge in [-0.05, 0) is 50.2 Å². The summed E-state index contributed by atoms with van der Waals surface area (Å²) in [5.41, 5.74) is 0.764. The zero-order valence-electron chi connectivity index (χ0n) is 12.7. The number of carbonyl (C=O) groups excluding carboxylic acids is 1. The Morgan fingerprint density at radius 1 is 1.00 bits per heavy atom. The molecule has 0 N–H and O–H groups in total. The first-order valence-corrected chi connectivity index (χ1v) is 8.06. The second kappa shape index (κ2) is 9.95. The summed E-state index contributed by atoms with van der Waals surface area (Å²) in [6.07, 6.45) is 5.41. The summed E-state index contributed by atoms with van der Waals surface area (Å²) < 4.78 is 0. The first-order chi connectivity index (χ1) is 9.67. The fourth-order valence-electron chi connectivity index (χ4n) is 2.14. The van der Waals surface area contributed by atoms with Crippen LogP contribution in [0.15, 0.2) is 24.3 Å². The van der Waals surface area contributed by atoms with Crippen LogP contribution in [0.3, 0.4) is 0 Å². The number of benzene rings is 1. The van der Waals surface area contributed by atoms with E-state index < -0.39 is 0 Å². The maximum atomic E-state index is 12.1. The molecule has 0 amide bonds. The minimum Gasteiger partial charge on any atom is -0.303 e. The van der Waals surface area contributed by atoms with Crippen LogP contribution in [-0.2, 0) is 0 Å². The molecule has 0 aliphatic heterocycles. The fraction of sp³-hybridized carbons (Fsp3) is 0.588. The second-order valence-electron chi connectivity index (χ2n) is 5.23. The van der Waals surface area contributed by atoms with Crippen LogP contribution in [0.4, 0.5) is 0 Å². The topological polar surface area (TPSA) is 20.3 Å². The van der Waals surface area contributed by atoms with Crippen molar-refractivity contribution >= 4 is 17.4 Å². The largest absolute Gasteiger partial charge is 0.303 e. The van der Waals surface area contributed by atoms with Gasteiger partial charge in [-0.1, -0.05) is 38.3 Å². The van der Waals surface area contributed by atoms with E-state index in [-0.39, 0.29) is 5.78 Å². The molecule has 0 aromatic heterocycles. The molecule has 0 saturated carbocycles. The molecular formula is C17H26ClNO. The minimum absolute atomic E-state index is 0.208. The Morgan fingerprint density at radius 3 is 2.05 bits per heavy atom. The molecule has 0 heterocycles. The lowest BCUT2D eigenvalue weighted by molar-refractivity contribution is 0.0963. The monoisotopic (exact) mass is 295 g/mol. The number of halogens is 1. The molecule has 0 atom stereocenters. The number of hydrogen-bond donors (Lipinski definition) is 0. The highest BCUT2D eigenvalue weighted by Crippen LogP contribution is 2.11. The maximum Gasteiger partial charge on any atom is 0.164 e. The van der Waals surface area contributed by atoms with Gasteiger partial charge in [-0.2, -0.15) is 0 Å². The summed E-state index contributed by atoms with van der Waals surface area (Å²) in [5.74, 6) is 0.208. The molecule has 20 heavy (non-hydrogen) atoms. The molecule has 3 heteroatoms. The fourth-order valence-corrected chi connectivity index (χ4v) is 2.26. The Morgan fingerprint density at radius 2 is 1.55 bits per heavy atom. The molecule has 0 fully saturated rings. The number of unbranched alkanes of at least 4 members (excludes halogenated alkanes) is 2. The average Bonchev–Trinajstić information content (AvgIpc) is 2.47. The van der Waals surface area contributed by atoms with Crippen molar-refractivity contribution in [3.05, 3.63) is 34.9 Å². The van der Waals surface area contributed by atoms with Crippen LogP contribution in [0, 0.1) is 0 Å². The number of hydrogen-bond acceptors (Lipinski definition) is 2. The van der Waals surface area contributed by atoms with Crippen LogP contribution in [0.5, 0.6) is 0 Å². The molecule has 0 saturated heterocycles. The highest BCUT2D eigenvalue weighted by atomic mass is 35.5. The molecule has 0 spiro atoms. The summed E-state index contributed by atoms with van der Waals surface area (Å²) in [7, 11) is 0. The van der Waals surface area contributed by atoms with Crippen LogP contribution < -0.4 is 0 Å². The van der Waals surface area contributed by atoms with Gasteiger partial charge in [0.2, 0.25) is 0 Å². The van der Waals surface area contributed by atoms with Gasteiger partial charge in [-0.25, -0.2) is 0 Å². The van der Waals surface area contributed by atoms with Gasteiger partial charge >= 0.3 is 0 Å². The first-order valence-electron chi connectivity index (χ1n) is 7.68. The quantitative estimate of drug-likeness (QED) is 0.577. The van der Waals surface area contributed by atoms with Gasteiger partial charge in [0.25, 0.3) is 0 Å². The molecule has 1 aromatic carbocycles. The smallest absolute Gasteiger partial charge is 0.164 e. The van der Waals surface area contributed by atoms with Gasteiger partial charge in [-0.15, -0.1) is 0 Å². The Balaban J connectivity index is 2.44. The first kappa shape index (κ1) is 17.2. The number of carbonyl (C=O) groups is 1. The van der Waals surface area contributed by atoms with Gasteiger partial charge in [0.05, 0.1) is 0 Å². The Bertz CT molecular complexity index is 380. The third-order valence-corrected chi connectivity index (χ3v) is 3.73. The van der Waals surface area contributed by atoms with E-state index in [1.54, 1.807) is 12.1 Å². The van der Waals surface area contributed by atoms with Crippen molar-refractivity contribution in [3.8, 4) is 0 Å². The number of Topliss-reactive ketones (excluding diaryl/α,β-unsaturated/α-hetero) is 1. The Kier molecular flexibility index (Phi) is 8.56. The average molecular weight is 296 g/mol. The van der Waals surface area contributed by atoms with Crippen molar-refractivity contribution < 1.29 is 4.79 Å². The van der Waals surface area contributed by atoms with E-state index in [1.807, 2.05) is 12.1 Å². The van der Waals surface area contributed by atoms with Crippen LogP contribution in [0.2, 0.25) is 5.02 Å². The lowest BCUT2D eigenvalue weighted by Crippen LogP contribution is -2.28. The summed E-state index contributed by atoms with van der Waals surface area (Å²) in [4.78, 5) is 14.6. The molecule has 0 aliphatic carbocycles. The van der Waals surface area contributed by atoms with Crippen molar-refractivity contribution in [2.75, 3.05) is 19.6 Å². The van der Waals surface area contributed by atoms with E-state index >= 15 is 0 Å². The SMILES string of the molecule is CCCCN(CCCC)CCC(=O)c1ccc(Cl)cc1. The molecule has 0 unspecified atom stereocenters. The summed E-state index contributed by atoms with van der Waals surface area (Å²) in [6.45, 7) is 7.48. The van der Waals surface area contributed by atoms with Crippen LogP contribution in [-0.4, -0.2) is 30.3 Å². The predicted octanol–water partition coefficient (Wildman–Crippen LogP) is 4.82. The molecule has 0 radical (unpaired) electrons. The molecular weight excluding hydrogens is 270 g/mol. The lowest BCUT2D eigenvalue weighted by atomic mass is 10.1.